The van der Waals surface area contributed by atoms with E-state index in [1.807, 2.05) is 31.1 Å². The van der Waals surface area contributed by atoms with E-state index in [4.69, 9.17) is 16.3 Å². The number of aldehydes is 2. The van der Waals surface area contributed by atoms with Gasteiger partial charge < -0.3 is 25.6 Å². The van der Waals surface area contributed by atoms with Crippen molar-refractivity contribution < 1.29 is 19.1 Å². The molecule has 1 atom stereocenters. The number of aromatic nitrogens is 1. The molecule has 0 radical (unpaired) electrons. The highest BCUT2D eigenvalue weighted by Gasteiger charge is 2.20. The van der Waals surface area contributed by atoms with Gasteiger partial charge >= 0.3 is 6.09 Å². The number of anilines is 3. The Labute approximate surface area is 221 Å². The Morgan fingerprint density at radius 2 is 1.92 bits per heavy atom. The third-order valence-electron chi connectivity index (χ3n) is 4.93. The number of alkyl carbamates (subject to hydrolysis) is 1. The van der Waals surface area contributed by atoms with Crippen LogP contribution >= 0.6 is 11.6 Å². The van der Waals surface area contributed by atoms with Crippen LogP contribution in [0.4, 0.5) is 21.9 Å². The molecule has 0 saturated carbocycles. The Bertz CT molecular complexity index is 1220. The number of nitriles is 1. The van der Waals surface area contributed by atoms with Crippen molar-refractivity contribution in [1.29, 1.82) is 5.26 Å². The van der Waals surface area contributed by atoms with Gasteiger partial charge in [-0.15, -0.1) is 0 Å². The van der Waals surface area contributed by atoms with Crippen LogP contribution in [0.5, 0.6) is 0 Å². The highest BCUT2D eigenvalue weighted by atomic mass is 35.5. The fraction of sp³-hybridized carbons (Fsp3) is 0.346. The second kappa shape index (κ2) is 12.7. The number of pyridine rings is 1. The quantitative estimate of drug-likeness (QED) is 0.138. The van der Waals surface area contributed by atoms with Gasteiger partial charge in [-0.3, -0.25) is 9.59 Å². The summed E-state index contributed by atoms with van der Waals surface area (Å²) in [6.07, 6.45) is 1.84. The van der Waals surface area contributed by atoms with Crippen LogP contribution in [0.1, 0.15) is 38.8 Å². The van der Waals surface area contributed by atoms with E-state index in [0.29, 0.717) is 29.5 Å². The van der Waals surface area contributed by atoms with E-state index in [-0.39, 0.29) is 34.6 Å². The van der Waals surface area contributed by atoms with E-state index >= 15 is 0 Å². The predicted molar refractivity (Wildman–Crippen MR) is 144 cm³/mol. The first-order valence-corrected chi connectivity index (χ1v) is 11.8. The summed E-state index contributed by atoms with van der Waals surface area (Å²) in [5.41, 5.74) is 2.01. The lowest BCUT2D eigenvalue weighted by Gasteiger charge is -2.25. The Balaban J connectivity index is 2.46. The molecule has 11 heteroatoms. The van der Waals surface area contributed by atoms with Crippen molar-refractivity contribution in [3.63, 3.8) is 0 Å². The SMILES string of the molecule is CC(CNC(=O)OC(C)(C)C)NC(=C(C=O)C=O)c1cc(Nc2ccnc(Cl)c2C#N)ccc1N(C)C. The zero-order chi connectivity index (χ0) is 27.8. The molecule has 1 amide bonds. The molecule has 1 unspecified atom stereocenters. The lowest BCUT2D eigenvalue weighted by molar-refractivity contribution is -0.109. The van der Waals surface area contributed by atoms with Crippen molar-refractivity contribution in [2.75, 3.05) is 30.9 Å². The van der Waals surface area contributed by atoms with Gasteiger partial charge in [-0.05, 0) is 52.0 Å². The second-order valence-electron chi connectivity index (χ2n) is 9.38. The second-order valence-corrected chi connectivity index (χ2v) is 9.74. The minimum absolute atomic E-state index is 0.0652. The molecule has 0 bridgehead atoms. The molecule has 0 spiro atoms. The molecule has 2 rings (SSSR count). The molecule has 196 valence electrons. The number of allylic oxidation sites excluding steroid dienone is 1. The number of carbonyl (C=O) groups is 3. The van der Waals surface area contributed by atoms with Crippen LogP contribution in [0, 0.1) is 11.3 Å². The number of ether oxygens (including phenoxy) is 1. The van der Waals surface area contributed by atoms with Gasteiger partial charge in [-0.25, -0.2) is 9.78 Å². The smallest absolute Gasteiger partial charge is 0.407 e. The first kappa shape index (κ1) is 29.1. The maximum absolute atomic E-state index is 12.1. The van der Waals surface area contributed by atoms with Crippen LogP contribution in [-0.2, 0) is 14.3 Å². The summed E-state index contributed by atoms with van der Waals surface area (Å²) in [5.74, 6) is 0. The number of hydrogen-bond acceptors (Lipinski definition) is 9. The Morgan fingerprint density at radius 1 is 1.24 bits per heavy atom. The van der Waals surface area contributed by atoms with Crippen molar-refractivity contribution in [2.24, 2.45) is 0 Å². The number of benzene rings is 1. The Hall–Kier alpha value is -4.10. The molecule has 3 N–H and O–H groups in total. The molecule has 0 aliphatic rings. The van der Waals surface area contributed by atoms with Gasteiger partial charge in [0.25, 0.3) is 0 Å². The maximum atomic E-state index is 12.1. The average Bonchev–Trinajstić information content (AvgIpc) is 2.82. The number of carbonyl (C=O) groups excluding carboxylic acids is 3. The van der Waals surface area contributed by atoms with Crippen LogP contribution in [-0.4, -0.2) is 55.9 Å². The molecule has 0 fully saturated rings. The average molecular weight is 527 g/mol. The first-order chi connectivity index (χ1) is 17.4. The van der Waals surface area contributed by atoms with Crippen molar-refractivity contribution in [1.82, 2.24) is 15.6 Å². The van der Waals surface area contributed by atoms with Gasteiger partial charge in [-0.1, -0.05) is 11.6 Å². The third-order valence-corrected chi connectivity index (χ3v) is 5.21. The van der Waals surface area contributed by atoms with Crippen LogP contribution in [0.2, 0.25) is 5.15 Å². The van der Waals surface area contributed by atoms with E-state index < -0.39 is 11.7 Å². The van der Waals surface area contributed by atoms with E-state index in [0.717, 1.165) is 5.69 Å². The topological polar surface area (TPSA) is 136 Å². The standard InChI is InChI=1S/C26H31ClN6O4/c1-16(13-30-25(36)37-26(2,3)4)31-23(17(14-34)15-35)19-11-18(7-8-22(19)33(5)6)32-21-9-10-29-24(27)20(21)12-28/h7-11,14-16,31H,13H2,1-6H3,(H,29,32)(H,30,36). The van der Waals surface area contributed by atoms with Crippen LogP contribution in [0.25, 0.3) is 5.70 Å². The van der Waals surface area contributed by atoms with Gasteiger partial charge in [0.1, 0.15) is 22.4 Å². The minimum atomic E-state index is -0.646. The summed E-state index contributed by atoms with van der Waals surface area (Å²) in [6.45, 7) is 7.25. The lowest BCUT2D eigenvalue weighted by Crippen LogP contribution is -2.41. The summed E-state index contributed by atoms with van der Waals surface area (Å²) in [6, 6.07) is 8.61. The number of nitrogens with one attached hydrogen (secondary N) is 3. The van der Waals surface area contributed by atoms with E-state index in [1.165, 1.54) is 6.20 Å². The Morgan fingerprint density at radius 3 is 2.49 bits per heavy atom. The van der Waals surface area contributed by atoms with Gasteiger partial charge in [-0.2, -0.15) is 5.26 Å². The van der Waals surface area contributed by atoms with Crippen molar-refractivity contribution in [3.8, 4) is 6.07 Å². The molecule has 1 aromatic heterocycles. The van der Waals surface area contributed by atoms with Crippen molar-refractivity contribution in [2.45, 2.75) is 39.3 Å². The molecule has 10 nitrogen and oxygen atoms in total. The highest BCUT2D eigenvalue weighted by molar-refractivity contribution is 6.31. The maximum Gasteiger partial charge on any atom is 0.407 e. The minimum Gasteiger partial charge on any atom is -0.444 e. The third kappa shape index (κ3) is 8.22. The molecular formula is C26H31ClN6O4. The number of nitrogens with zero attached hydrogens (tertiary/aromatic N) is 3. The molecule has 0 aliphatic heterocycles. The number of amides is 1. The van der Waals surface area contributed by atoms with Crippen LogP contribution in [0.3, 0.4) is 0 Å². The summed E-state index contributed by atoms with van der Waals surface area (Å²) in [4.78, 5) is 41.5. The van der Waals surface area contributed by atoms with Crippen LogP contribution in [0.15, 0.2) is 36.0 Å². The number of rotatable bonds is 10. The number of hydrogen-bond donors (Lipinski definition) is 3. The molecule has 2 aromatic rings. The monoisotopic (exact) mass is 526 g/mol. The van der Waals surface area contributed by atoms with E-state index in [9.17, 15) is 19.6 Å². The summed E-state index contributed by atoms with van der Waals surface area (Å²) in [5, 5.41) is 18.5. The zero-order valence-corrected chi connectivity index (χ0v) is 22.4. The summed E-state index contributed by atoms with van der Waals surface area (Å²) >= 11 is 6.05. The van der Waals surface area contributed by atoms with Crippen molar-refractivity contribution >= 4 is 53.0 Å². The van der Waals surface area contributed by atoms with Gasteiger partial charge in [0.05, 0.1) is 17.0 Å². The fourth-order valence-electron chi connectivity index (χ4n) is 3.32. The van der Waals surface area contributed by atoms with Gasteiger partial charge in [0.15, 0.2) is 12.6 Å². The highest BCUT2D eigenvalue weighted by Crippen LogP contribution is 2.32. The Kier molecular flexibility index (Phi) is 10.0. The first-order valence-electron chi connectivity index (χ1n) is 11.4. The van der Waals surface area contributed by atoms with Gasteiger partial charge in [0.2, 0.25) is 0 Å². The lowest BCUT2D eigenvalue weighted by atomic mass is 10.0. The molecule has 0 aliphatic carbocycles. The predicted octanol–water partition coefficient (Wildman–Crippen LogP) is 4.03. The van der Waals surface area contributed by atoms with E-state index in [1.54, 1.807) is 45.9 Å². The van der Waals surface area contributed by atoms with Gasteiger partial charge in [0, 0.05) is 49.8 Å². The zero-order valence-electron chi connectivity index (χ0n) is 21.7. The van der Waals surface area contributed by atoms with E-state index in [2.05, 4.69) is 20.9 Å². The molecule has 37 heavy (non-hydrogen) atoms. The largest absolute Gasteiger partial charge is 0.444 e. The molecule has 1 aromatic carbocycles. The molecule has 1 heterocycles. The summed E-state index contributed by atoms with van der Waals surface area (Å²) in [7, 11) is 3.66. The normalized spacial score (nSPS) is 11.4. The number of halogens is 1. The molecule has 0 saturated heterocycles. The summed E-state index contributed by atoms with van der Waals surface area (Å²) < 4.78 is 5.26. The molecular weight excluding hydrogens is 496 g/mol. The van der Waals surface area contributed by atoms with Crippen molar-refractivity contribution in [3.05, 3.63) is 52.3 Å². The fourth-order valence-corrected chi connectivity index (χ4v) is 3.52. The van der Waals surface area contributed by atoms with Crippen LogP contribution < -0.4 is 20.9 Å².